The Balaban J connectivity index is 0.00000127. The summed E-state index contributed by atoms with van der Waals surface area (Å²) >= 11 is 1.94. The summed E-state index contributed by atoms with van der Waals surface area (Å²) in [5.74, 6) is 0.441. The molecule has 0 atom stereocenters. The van der Waals surface area contributed by atoms with E-state index < -0.39 is 8.07 Å². The third-order valence-corrected chi connectivity index (χ3v) is 10.2. The molecule has 0 unspecified atom stereocenters. The maximum Gasteiger partial charge on any atom is 0.121 e. The average Bonchev–Trinajstić information content (AvgIpc) is 2.57. The molecule has 2 aromatic rings. The second kappa shape index (κ2) is 8.57. The number of rotatable bonds is 4. The molecule has 0 saturated heterocycles. The van der Waals surface area contributed by atoms with E-state index in [1.165, 1.54) is 22.7 Å². The van der Waals surface area contributed by atoms with E-state index >= 15 is 0 Å². The van der Waals surface area contributed by atoms with E-state index in [1.807, 2.05) is 25.6 Å². The zero-order valence-corrected chi connectivity index (χ0v) is 16.9. The molecular weight excluding hydrogens is 318 g/mol. The van der Waals surface area contributed by atoms with E-state index in [1.54, 1.807) is 0 Å². The zero-order chi connectivity index (χ0) is 17.6. The highest BCUT2D eigenvalue weighted by molar-refractivity contribution is 8.01. The lowest BCUT2D eigenvalue weighted by Crippen LogP contribution is -2.44. The fourth-order valence-electron chi connectivity index (χ4n) is 2.41. The Labute approximate surface area is 146 Å². The van der Waals surface area contributed by atoms with Gasteiger partial charge in [0.1, 0.15) is 5.75 Å². The van der Waals surface area contributed by atoms with Crippen molar-refractivity contribution in [3.63, 3.8) is 0 Å². The van der Waals surface area contributed by atoms with Crippen LogP contribution in [0.3, 0.4) is 0 Å². The number of nitrogens with two attached hydrogens (primary N) is 1. The highest BCUT2D eigenvalue weighted by Crippen LogP contribution is 2.34. The van der Waals surface area contributed by atoms with Gasteiger partial charge in [-0.2, -0.15) is 0 Å². The molecule has 0 aliphatic heterocycles. The van der Waals surface area contributed by atoms with Crippen molar-refractivity contribution in [3.05, 3.63) is 53.1 Å². The second-order valence-electron chi connectivity index (χ2n) is 6.33. The lowest BCUT2D eigenvalue weighted by atomic mass is 10.1. The van der Waals surface area contributed by atoms with Crippen LogP contribution >= 0.6 is 11.8 Å². The minimum atomic E-state index is -1.43. The quantitative estimate of drug-likeness (QED) is 0.645. The molecule has 0 aromatic heterocycles. The summed E-state index contributed by atoms with van der Waals surface area (Å²) in [6.45, 7) is 10.9. The van der Waals surface area contributed by atoms with E-state index in [0.29, 0.717) is 5.75 Å². The number of phenolic OH excluding ortho intramolecular Hbond substituents is 1. The van der Waals surface area contributed by atoms with Crippen molar-refractivity contribution >= 4 is 25.0 Å². The molecule has 0 aliphatic rings. The molecule has 0 fully saturated rings. The average molecular weight is 348 g/mol. The molecule has 0 aliphatic carbocycles. The number of thioether (sulfide) groups is 1. The highest BCUT2D eigenvalue weighted by atomic mass is 32.2. The van der Waals surface area contributed by atoms with Crippen LogP contribution in [0.5, 0.6) is 5.75 Å². The largest absolute Gasteiger partial charge is 0.507 e. The van der Waals surface area contributed by atoms with Crippen LogP contribution in [-0.2, 0) is 0 Å². The van der Waals surface area contributed by atoms with Crippen molar-refractivity contribution < 1.29 is 5.11 Å². The molecular formula is C19H29NOSSi. The van der Waals surface area contributed by atoms with Gasteiger partial charge in [-0.05, 0) is 56.0 Å². The van der Waals surface area contributed by atoms with Crippen LogP contribution in [-0.4, -0.2) is 25.6 Å². The molecule has 0 spiro atoms. The third-order valence-electron chi connectivity index (χ3n) is 4.15. The molecule has 126 valence electrons. The summed E-state index contributed by atoms with van der Waals surface area (Å²) < 4.78 is 0. The second-order valence-corrected chi connectivity index (χ2v) is 12.6. The molecule has 2 nitrogen and oxygen atoms in total. The van der Waals surface area contributed by atoms with E-state index in [0.717, 1.165) is 16.5 Å². The maximum atomic E-state index is 10.0. The lowest BCUT2D eigenvalue weighted by molar-refractivity contribution is 0.465. The summed E-state index contributed by atoms with van der Waals surface area (Å²) in [4.78, 5) is 1.30. The summed E-state index contributed by atoms with van der Waals surface area (Å²) in [5.41, 5.74) is 7.69. The zero-order valence-electron chi connectivity index (χ0n) is 15.1. The van der Waals surface area contributed by atoms with E-state index in [4.69, 9.17) is 0 Å². The molecule has 0 saturated carbocycles. The molecule has 23 heavy (non-hydrogen) atoms. The predicted molar refractivity (Wildman–Crippen MR) is 107 cm³/mol. The standard InChI is InChI=1S/C18H24OSSi.CH5N/c1-13-11-17(14(2)15(3)18(13)19)20-12-21(4,5)16-9-7-6-8-10-16;1-2/h6-11,19H,12H2,1-5H3;2H2,1H3. The fraction of sp³-hybridized carbons (Fsp3) is 0.368. The monoisotopic (exact) mass is 347 g/mol. The van der Waals surface area contributed by atoms with Crippen LogP contribution in [0.15, 0.2) is 41.3 Å². The van der Waals surface area contributed by atoms with E-state index in [9.17, 15) is 5.11 Å². The first kappa shape index (κ1) is 19.8. The van der Waals surface area contributed by atoms with Gasteiger partial charge in [-0.15, -0.1) is 11.8 Å². The first-order valence-corrected chi connectivity index (χ1v) is 12.1. The molecule has 2 aromatic carbocycles. The van der Waals surface area contributed by atoms with Crippen molar-refractivity contribution in [1.29, 1.82) is 0 Å². The van der Waals surface area contributed by atoms with Crippen molar-refractivity contribution in [2.45, 2.75) is 38.8 Å². The van der Waals surface area contributed by atoms with Crippen LogP contribution in [0.2, 0.25) is 13.1 Å². The molecule has 3 N–H and O–H groups in total. The normalized spacial score (nSPS) is 10.9. The Morgan fingerprint density at radius 2 is 1.57 bits per heavy atom. The van der Waals surface area contributed by atoms with Gasteiger partial charge in [0.15, 0.2) is 0 Å². The topological polar surface area (TPSA) is 46.2 Å². The summed E-state index contributed by atoms with van der Waals surface area (Å²) in [7, 11) is 0.0670. The van der Waals surface area contributed by atoms with Crippen LogP contribution in [0.1, 0.15) is 16.7 Å². The van der Waals surface area contributed by atoms with Crippen molar-refractivity contribution in [2.75, 3.05) is 12.4 Å². The van der Waals surface area contributed by atoms with Gasteiger partial charge < -0.3 is 10.8 Å². The number of aryl methyl sites for hydroxylation is 1. The maximum absolute atomic E-state index is 10.0. The van der Waals surface area contributed by atoms with Crippen LogP contribution in [0, 0.1) is 20.8 Å². The van der Waals surface area contributed by atoms with Gasteiger partial charge in [-0.25, -0.2) is 0 Å². The minimum absolute atomic E-state index is 0.441. The van der Waals surface area contributed by atoms with Gasteiger partial charge in [-0.3, -0.25) is 0 Å². The SMILES string of the molecule is CN.Cc1cc(SC[Si](C)(C)c2ccccc2)c(C)c(C)c1O. The first-order valence-electron chi connectivity index (χ1n) is 7.89. The lowest BCUT2D eigenvalue weighted by Gasteiger charge is -2.23. The molecule has 0 heterocycles. The van der Waals surface area contributed by atoms with Crippen LogP contribution in [0.25, 0.3) is 0 Å². The van der Waals surface area contributed by atoms with Crippen molar-refractivity contribution in [1.82, 2.24) is 0 Å². The Morgan fingerprint density at radius 1 is 1.00 bits per heavy atom. The van der Waals surface area contributed by atoms with E-state index in [2.05, 4.69) is 62.1 Å². The number of hydrogen-bond acceptors (Lipinski definition) is 3. The van der Waals surface area contributed by atoms with E-state index in [-0.39, 0.29) is 0 Å². The first-order chi connectivity index (χ1) is 10.8. The highest BCUT2D eigenvalue weighted by Gasteiger charge is 2.24. The fourth-order valence-corrected chi connectivity index (χ4v) is 6.87. The number of aromatic hydroxyl groups is 1. The summed E-state index contributed by atoms with van der Waals surface area (Å²) in [6.07, 6.45) is 0. The minimum Gasteiger partial charge on any atom is -0.507 e. The predicted octanol–water partition coefficient (Wildman–Crippen LogP) is 4.14. The Morgan fingerprint density at radius 3 is 2.13 bits per heavy atom. The summed E-state index contributed by atoms with van der Waals surface area (Å²) in [5, 5.41) is 12.7. The number of benzene rings is 2. The Bertz CT molecular complexity index is 642. The summed E-state index contributed by atoms with van der Waals surface area (Å²) in [6, 6.07) is 13.0. The van der Waals surface area contributed by atoms with Gasteiger partial charge in [0.25, 0.3) is 0 Å². The van der Waals surface area contributed by atoms with Crippen molar-refractivity contribution in [2.24, 2.45) is 5.73 Å². The van der Waals surface area contributed by atoms with Gasteiger partial charge in [0, 0.05) is 4.90 Å². The molecule has 4 heteroatoms. The van der Waals surface area contributed by atoms with Gasteiger partial charge in [0.05, 0.1) is 8.07 Å². The number of phenols is 1. The third kappa shape index (κ3) is 4.87. The molecule has 0 radical (unpaired) electrons. The van der Waals surface area contributed by atoms with Gasteiger partial charge >= 0.3 is 0 Å². The number of hydrogen-bond donors (Lipinski definition) is 2. The van der Waals surface area contributed by atoms with Crippen molar-refractivity contribution in [3.8, 4) is 5.75 Å². The molecule has 0 amide bonds. The Hall–Kier alpha value is -1.23. The van der Waals surface area contributed by atoms with Crippen LogP contribution < -0.4 is 10.9 Å². The van der Waals surface area contributed by atoms with Gasteiger partial charge in [0.2, 0.25) is 0 Å². The smallest absolute Gasteiger partial charge is 0.121 e. The molecule has 2 rings (SSSR count). The Kier molecular flexibility index (Phi) is 7.38. The van der Waals surface area contributed by atoms with Gasteiger partial charge in [-0.1, -0.05) is 48.6 Å². The van der Waals surface area contributed by atoms with Crippen LogP contribution in [0.4, 0.5) is 0 Å². The molecule has 0 bridgehead atoms.